The summed E-state index contributed by atoms with van der Waals surface area (Å²) >= 11 is 1.57. The van der Waals surface area contributed by atoms with Gasteiger partial charge in [-0.25, -0.2) is 4.98 Å². The van der Waals surface area contributed by atoms with Crippen molar-refractivity contribution in [3.05, 3.63) is 40.6 Å². The lowest BCUT2D eigenvalue weighted by atomic mass is 10.2. The lowest BCUT2D eigenvalue weighted by Crippen LogP contribution is -2.23. The number of aliphatic hydroxyl groups is 1. The zero-order chi connectivity index (χ0) is 14.9. The minimum absolute atomic E-state index is 0.00590. The molecule has 0 saturated carbocycles. The Morgan fingerprint density at radius 3 is 3.19 bits per heavy atom. The number of carbonyl (C=O) groups is 1. The van der Waals surface area contributed by atoms with Gasteiger partial charge in [-0.2, -0.15) is 0 Å². The summed E-state index contributed by atoms with van der Waals surface area (Å²) in [6, 6.07) is 1.93. The van der Waals surface area contributed by atoms with Crippen LogP contribution in [0.15, 0.2) is 30.2 Å². The van der Waals surface area contributed by atoms with Gasteiger partial charge in [0.1, 0.15) is 0 Å². The maximum atomic E-state index is 11.8. The standard InChI is InChI=1S/C15H17N3O2S/c19-9-2-1-3-13-5-10-21-14(13)11-17-15(20)4-7-18-8-6-16-12-18/h5-6,8,10,12,19H,2,4,7,9,11H2,(H,17,20). The number of hydrogen-bond donors (Lipinski definition) is 2. The summed E-state index contributed by atoms with van der Waals surface area (Å²) in [6.45, 7) is 1.18. The molecule has 110 valence electrons. The Labute approximate surface area is 127 Å². The van der Waals surface area contributed by atoms with Gasteiger partial charge in [-0.1, -0.05) is 11.8 Å². The van der Waals surface area contributed by atoms with E-state index < -0.39 is 0 Å². The molecule has 0 bridgehead atoms. The van der Waals surface area contributed by atoms with Gasteiger partial charge in [-0.15, -0.1) is 11.3 Å². The van der Waals surface area contributed by atoms with Crippen molar-refractivity contribution in [1.82, 2.24) is 14.9 Å². The second kappa shape index (κ2) is 8.25. The van der Waals surface area contributed by atoms with Crippen molar-refractivity contribution in [2.75, 3.05) is 6.61 Å². The molecule has 2 aromatic rings. The van der Waals surface area contributed by atoms with Gasteiger partial charge in [0.25, 0.3) is 0 Å². The minimum Gasteiger partial charge on any atom is -0.395 e. The molecule has 0 aromatic carbocycles. The van der Waals surface area contributed by atoms with E-state index in [9.17, 15) is 4.79 Å². The molecule has 0 aliphatic rings. The van der Waals surface area contributed by atoms with Gasteiger partial charge in [0.05, 0.1) is 19.5 Å². The van der Waals surface area contributed by atoms with E-state index in [-0.39, 0.29) is 12.5 Å². The number of nitrogens with zero attached hydrogens (tertiary/aromatic N) is 2. The van der Waals surface area contributed by atoms with Gasteiger partial charge >= 0.3 is 0 Å². The third-order valence-corrected chi connectivity index (χ3v) is 3.73. The van der Waals surface area contributed by atoms with Crippen molar-refractivity contribution in [2.45, 2.75) is 25.9 Å². The highest BCUT2D eigenvalue weighted by molar-refractivity contribution is 7.10. The van der Waals surface area contributed by atoms with E-state index in [1.165, 1.54) is 0 Å². The lowest BCUT2D eigenvalue weighted by Gasteiger charge is -2.05. The van der Waals surface area contributed by atoms with E-state index in [4.69, 9.17) is 5.11 Å². The fourth-order valence-corrected chi connectivity index (χ4v) is 2.49. The SMILES string of the molecule is O=C(CCn1ccnc1)NCc1sccc1C#CCCO. The number of aromatic nitrogens is 2. The van der Waals surface area contributed by atoms with Gasteiger partial charge in [-0.05, 0) is 11.4 Å². The highest BCUT2D eigenvalue weighted by atomic mass is 32.1. The van der Waals surface area contributed by atoms with Crippen molar-refractivity contribution < 1.29 is 9.90 Å². The summed E-state index contributed by atoms with van der Waals surface area (Å²) in [5.41, 5.74) is 0.920. The largest absolute Gasteiger partial charge is 0.395 e. The van der Waals surface area contributed by atoms with Crippen LogP contribution < -0.4 is 5.32 Å². The number of aryl methyl sites for hydroxylation is 1. The Balaban J connectivity index is 1.79. The van der Waals surface area contributed by atoms with Crippen LogP contribution in [0.4, 0.5) is 0 Å². The van der Waals surface area contributed by atoms with Crippen LogP contribution in [-0.2, 0) is 17.9 Å². The van der Waals surface area contributed by atoms with Crippen molar-refractivity contribution in [2.24, 2.45) is 0 Å². The zero-order valence-electron chi connectivity index (χ0n) is 11.6. The van der Waals surface area contributed by atoms with Crippen LogP contribution in [0.5, 0.6) is 0 Å². The van der Waals surface area contributed by atoms with Gasteiger partial charge in [0, 0.05) is 42.2 Å². The first-order valence-corrected chi connectivity index (χ1v) is 7.56. The number of nitrogens with one attached hydrogen (secondary N) is 1. The summed E-state index contributed by atoms with van der Waals surface area (Å²) in [6.07, 6.45) is 6.11. The second-order valence-corrected chi connectivity index (χ2v) is 5.36. The third kappa shape index (κ3) is 5.06. The van der Waals surface area contributed by atoms with Gasteiger partial charge in [0.15, 0.2) is 0 Å². The van der Waals surface area contributed by atoms with Crippen molar-refractivity contribution in [3.8, 4) is 11.8 Å². The molecule has 0 spiro atoms. The number of amides is 1. The molecule has 1 amide bonds. The summed E-state index contributed by atoms with van der Waals surface area (Å²) < 4.78 is 1.87. The highest BCUT2D eigenvalue weighted by Crippen LogP contribution is 2.15. The van der Waals surface area contributed by atoms with Crippen molar-refractivity contribution >= 4 is 17.2 Å². The molecule has 0 atom stereocenters. The lowest BCUT2D eigenvalue weighted by molar-refractivity contribution is -0.121. The molecule has 21 heavy (non-hydrogen) atoms. The number of thiophene rings is 1. The molecule has 2 N–H and O–H groups in total. The quantitative estimate of drug-likeness (QED) is 0.792. The smallest absolute Gasteiger partial charge is 0.222 e. The van der Waals surface area contributed by atoms with Crippen LogP contribution in [0.1, 0.15) is 23.3 Å². The number of carbonyl (C=O) groups excluding carboxylic acids is 1. The van der Waals surface area contributed by atoms with Crippen LogP contribution in [0, 0.1) is 11.8 Å². The highest BCUT2D eigenvalue weighted by Gasteiger charge is 2.05. The summed E-state index contributed by atoms with van der Waals surface area (Å²) in [5, 5.41) is 13.6. The summed E-state index contributed by atoms with van der Waals surface area (Å²) in [4.78, 5) is 16.8. The number of aliphatic hydroxyl groups excluding tert-OH is 1. The monoisotopic (exact) mass is 303 g/mol. The zero-order valence-corrected chi connectivity index (χ0v) is 12.4. The Morgan fingerprint density at radius 1 is 1.52 bits per heavy atom. The fraction of sp³-hybridized carbons (Fsp3) is 0.333. The predicted molar refractivity (Wildman–Crippen MR) is 81.6 cm³/mol. The summed E-state index contributed by atoms with van der Waals surface area (Å²) in [5.74, 6) is 5.91. The van der Waals surface area contributed by atoms with E-state index >= 15 is 0 Å². The van der Waals surface area contributed by atoms with E-state index in [0.717, 1.165) is 10.4 Å². The Hall–Kier alpha value is -2.10. The molecule has 0 aliphatic heterocycles. The van der Waals surface area contributed by atoms with Crippen LogP contribution in [0.25, 0.3) is 0 Å². The number of hydrogen-bond acceptors (Lipinski definition) is 4. The van der Waals surface area contributed by atoms with Crippen LogP contribution in [0.3, 0.4) is 0 Å². The van der Waals surface area contributed by atoms with Gasteiger partial charge < -0.3 is 15.0 Å². The average Bonchev–Trinajstić information content (AvgIpc) is 3.15. The Morgan fingerprint density at radius 2 is 2.43 bits per heavy atom. The first-order chi connectivity index (χ1) is 10.3. The molecule has 0 fully saturated rings. The predicted octanol–water partition coefficient (Wildman–Crippen LogP) is 1.39. The van der Waals surface area contributed by atoms with Gasteiger partial charge in [-0.3, -0.25) is 4.79 Å². The van der Waals surface area contributed by atoms with E-state index in [0.29, 0.717) is 25.9 Å². The molecule has 0 unspecified atom stereocenters. The van der Waals surface area contributed by atoms with Crippen molar-refractivity contribution in [3.63, 3.8) is 0 Å². The topological polar surface area (TPSA) is 67.2 Å². The second-order valence-electron chi connectivity index (χ2n) is 4.36. The Bertz CT molecular complexity index is 623. The normalized spacial score (nSPS) is 9.95. The van der Waals surface area contributed by atoms with Crippen LogP contribution >= 0.6 is 11.3 Å². The molecule has 0 radical (unpaired) electrons. The molecular formula is C15H17N3O2S. The maximum Gasteiger partial charge on any atom is 0.222 e. The average molecular weight is 303 g/mol. The van der Waals surface area contributed by atoms with E-state index in [2.05, 4.69) is 22.1 Å². The molecule has 5 nitrogen and oxygen atoms in total. The van der Waals surface area contributed by atoms with Crippen LogP contribution in [0.2, 0.25) is 0 Å². The maximum absolute atomic E-state index is 11.8. The van der Waals surface area contributed by atoms with Crippen molar-refractivity contribution in [1.29, 1.82) is 0 Å². The molecule has 6 heteroatoms. The first-order valence-electron chi connectivity index (χ1n) is 6.68. The third-order valence-electron chi connectivity index (χ3n) is 2.81. The Kier molecular flexibility index (Phi) is 6.00. The molecule has 2 rings (SSSR count). The minimum atomic E-state index is 0.00590. The molecule has 0 saturated heterocycles. The number of rotatable bonds is 6. The molecular weight excluding hydrogens is 286 g/mol. The fourth-order valence-electron chi connectivity index (χ4n) is 1.72. The van der Waals surface area contributed by atoms with E-state index in [1.54, 1.807) is 23.9 Å². The van der Waals surface area contributed by atoms with Gasteiger partial charge in [0.2, 0.25) is 5.91 Å². The molecule has 2 aromatic heterocycles. The van der Waals surface area contributed by atoms with E-state index in [1.807, 2.05) is 22.2 Å². The van der Waals surface area contributed by atoms with Crippen LogP contribution in [-0.4, -0.2) is 27.2 Å². The number of imidazole rings is 1. The molecule has 2 heterocycles. The summed E-state index contributed by atoms with van der Waals surface area (Å²) in [7, 11) is 0. The molecule has 0 aliphatic carbocycles. The first kappa shape index (κ1) is 15.3.